The number of epoxide rings is 1. The number of hydrogen-bond donors (Lipinski definition) is 0. The van der Waals surface area contributed by atoms with Crippen LogP contribution in [0.15, 0.2) is 29.4 Å². The van der Waals surface area contributed by atoms with Crippen LogP contribution in [0.25, 0.3) is 0 Å². The van der Waals surface area contributed by atoms with Crippen LogP contribution in [-0.4, -0.2) is 24.5 Å². The van der Waals surface area contributed by atoms with Gasteiger partial charge in [-0.15, -0.1) is 0 Å². The Bertz CT molecular complexity index is 415. The van der Waals surface area contributed by atoms with E-state index in [1.54, 1.807) is 0 Å². The number of rotatable bonds is 2. The zero-order valence-corrected chi connectivity index (χ0v) is 8.78. The summed E-state index contributed by atoms with van der Waals surface area (Å²) < 4.78 is 5.18. The molecule has 2 heterocycles. The molecular weight excluding hydrogens is 214 g/mol. The highest BCUT2D eigenvalue weighted by molar-refractivity contribution is 6.34. The van der Waals surface area contributed by atoms with E-state index in [2.05, 4.69) is 5.16 Å². The van der Waals surface area contributed by atoms with E-state index in [0.717, 1.165) is 29.3 Å². The molecule has 0 radical (unpaired) electrons. The average Bonchev–Trinajstić information content (AvgIpc) is 2.99. The Hall–Kier alpha value is -1.06. The highest BCUT2D eigenvalue weighted by Crippen LogP contribution is 2.28. The number of hydrogen-bond acceptors (Lipinski definition) is 3. The van der Waals surface area contributed by atoms with Gasteiger partial charge in [0.15, 0.2) is 6.10 Å². The van der Waals surface area contributed by atoms with E-state index < -0.39 is 0 Å². The van der Waals surface area contributed by atoms with Crippen LogP contribution in [0.2, 0.25) is 5.02 Å². The molecule has 0 N–H and O–H groups in total. The molecule has 1 saturated heterocycles. The first kappa shape index (κ1) is 9.19. The van der Waals surface area contributed by atoms with Crippen LogP contribution < -0.4 is 0 Å². The van der Waals surface area contributed by atoms with Crippen LogP contribution in [0.3, 0.4) is 0 Å². The van der Waals surface area contributed by atoms with E-state index in [1.807, 2.05) is 24.3 Å². The Kier molecular flexibility index (Phi) is 2.15. The van der Waals surface area contributed by atoms with E-state index in [0.29, 0.717) is 0 Å². The first-order valence-electron chi connectivity index (χ1n) is 4.94. The molecule has 2 aliphatic rings. The zero-order valence-electron chi connectivity index (χ0n) is 8.02. The van der Waals surface area contributed by atoms with Crippen molar-refractivity contribution < 1.29 is 9.57 Å². The Morgan fingerprint density at radius 3 is 2.80 bits per heavy atom. The van der Waals surface area contributed by atoms with Crippen molar-refractivity contribution >= 4 is 17.3 Å². The molecule has 0 spiro atoms. The Morgan fingerprint density at radius 2 is 2.07 bits per heavy atom. The molecule has 0 unspecified atom stereocenters. The second-order valence-corrected chi connectivity index (χ2v) is 4.14. The molecule has 1 fully saturated rings. The highest BCUT2D eigenvalue weighted by atomic mass is 35.5. The maximum absolute atomic E-state index is 6.08. The summed E-state index contributed by atoms with van der Waals surface area (Å²) in [5, 5.41) is 4.78. The molecule has 0 bridgehead atoms. The van der Waals surface area contributed by atoms with Crippen LogP contribution in [0, 0.1) is 0 Å². The lowest BCUT2D eigenvalue weighted by atomic mass is 10.0. The summed E-state index contributed by atoms with van der Waals surface area (Å²) in [6, 6.07) is 7.68. The van der Waals surface area contributed by atoms with E-state index in [1.165, 1.54) is 0 Å². The van der Waals surface area contributed by atoms with Gasteiger partial charge in [0.2, 0.25) is 0 Å². The number of oxime groups is 1. The molecule has 15 heavy (non-hydrogen) atoms. The van der Waals surface area contributed by atoms with Gasteiger partial charge in [-0.1, -0.05) is 35.0 Å². The molecule has 4 heteroatoms. The Morgan fingerprint density at radius 1 is 1.27 bits per heavy atom. The molecule has 3 nitrogen and oxygen atoms in total. The molecule has 3 rings (SSSR count). The fraction of sp³-hybridized carbons (Fsp3) is 0.364. The van der Waals surface area contributed by atoms with E-state index in [-0.39, 0.29) is 12.2 Å². The molecule has 0 aromatic heterocycles. The molecule has 2 aliphatic heterocycles. The minimum absolute atomic E-state index is 0.0799. The summed E-state index contributed by atoms with van der Waals surface area (Å²) in [7, 11) is 0. The SMILES string of the molecule is Clc1ccccc1C1=NO[C@H]([C@@H]2CO2)C1. The van der Waals surface area contributed by atoms with Crippen LogP contribution in [0.1, 0.15) is 12.0 Å². The third kappa shape index (κ3) is 1.73. The largest absolute Gasteiger partial charge is 0.389 e. The van der Waals surface area contributed by atoms with E-state index >= 15 is 0 Å². The molecular formula is C11H10ClNO2. The van der Waals surface area contributed by atoms with Gasteiger partial charge < -0.3 is 9.57 Å². The Labute approximate surface area is 92.6 Å². The summed E-state index contributed by atoms with van der Waals surface area (Å²) in [5.74, 6) is 0. The molecule has 0 saturated carbocycles. The van der Waals surface area contributed by atoms with Gasteiger partial charge in [-0.2, -0.15) is 0 Å². The predicted molar refractivity (Wildman–Crippen MR) is 57.2 cm³/mol. The van der Waals surface area contributed by atoms with Crippen molar-refractivity contribution in [2.75, 3.05) is 6.61 Å². The molecule has 78 valence electrons. The predicted octanol–water partition coefficient (Wildman–Crippen LogP) is 2.23. The number of ether oxygens (including phenoxy) is 1. The van der Waals surface area contributed by atoms with E-state index in [9.17, 15) is 0 Å². The van der Waals surface area contributed by atoms with Gasteiger partial charge in [-0.25, -0.2) is 0 Å². The third-order valence-corrected chi connectivity index (χ3v) is 2.98. The smallest absolute Gasteiger partial charge is 0.161 e. The second kappa shape index (κ2) is 3.51. The molecule has 0 aliphatic carbocycles. The van der Waals surface area contributed by atoms with Gasteiger partial charge in [0.1, 0.15) is 6.10 Å². The van der Waals surface area contributed by atoms with Crippen LogP contribution >= 0.6 is 11.6 Å². The molecule has 0 amide bonds. The normalized spacial score (nSPS) is 28.5. The maximum atomic E-state index is 6.08. The van der Waals surface area contributed by atoms with Crippen molar-refractivity contribution in [3.8, 4) is 0 Å². The summed E-state index contributed by atoms with van der Waals surface area (Å²) in [4.78, 5) is 5.30. The van der Waals surface area contributed by atoms with Crippen LogP contribution in [-0.2, 0) is 9.57 Å². The summed E-state index contributed by atoms with van der Waals surface area (Å²) in [6.07, 6.45) is 1.10. The van der Waals surface area contributed by atoms with Gasteiger partial charge in [-0.3, -0.25) is 0 Å². The minimum atomic E-state index is 0.0799. The number of benzene rings is 1. The summed E-state index contributed by atoms with van der Waals surface area (Å²) in [6.45, 7) is 0.788. The van der Waals surface area contributed by atoms with Gasteiger partial charge in [0.05, 0.1) is 12.3 Å². The van der Waals surface area contributed by atoms with Crippen molar-refractivity contribution in [2.45, 2.75) is 18.6 Å². The lowest BCUT2D eigenvalue weighted by molar-refractivity contribution is 0.0627. The zero-order chi connectivity index (χ0) is 10.3. The summed E-state index contributed by atoms with van der Waals surface area (Å²) >= 11 is 6.08. The lowest BCUT2D eigenvalue weighted by Gasteiger charge is -2.03. The van der Waals surface area contributed by atoms with Crippen molar-refractivity contribution in [3.63, 3.8) is 0 Å². The average molecular weight is 224 g/mol. The first-order valence-corrected chi connectivity index (χ1v) is 5.31. The minimum Gasteiger partial charge on any atom is -0.389 e. The number of halogens is 1. The maximum Gasteiger partial charge on any atom is 0.161 e. The first-order chi connectivity index (χ1) is 7.34. The lowest BCUT2D eigenvalue weighted by Crippen LogP contribution is -2.15. The van der Waals surface area contributed by atoms with Gasteiger partial charge in [0, 0.05) is 17.0 Å². The van der Waals surface area contributed by atoms with Crippen LogP contribution in [0.5, 0.6) is 0 Å². The van der Waals surface area contributed by atoms with Gasteiger partial charge in [-0.05, 0) is 6.07 Å². The van der Waals surface area contributed by atoms with Gasteiger partial charge in [0.25, 0.3) is 0 Å². The van der Waals surface area contributed by atoms with Crippen molar-refractivity contribution in [1.29, 1.82) is 0 Å². The molecule has 1 aromatic rings. The topological polar surface area (TPSA) is 34.1 Å². The second-order valence-electron chi connectivity index (χ2n) is 3.74. The monoisotopic (exact) mass is 223 g/mol. The highest BCUT2D eigenvalue weighted by Gasteiger charge is 2.39. The van der Waals surface area contributed by atoms with Crippen LogP contribution in [0.4, 0.5) is 0 Å². The molecule has 2 atom stereocenters. The standard InChI is InChI=1S/C11H10ClNO2/c12-8-4-2-1-3-7(8)9-5-10(15-13-9)11-6-14-11/h1-4,10-11H,5-6H2/t10-,11-/m0/s1. The molecule has 1 aromatic carbocycles. The van der Waals surface area contributed by atoms with Crippen molar-refractivity contribution in [1.82, 2.24) is 0 Å². The number of nitrogens with zero attached hydrogens (tertiary/aromatic N) is 1. The summed E-state index contributed by atoms with van der Waals surface area (Å²) in [5.41, 5.74) is 1.88. The van der Waals surface area contributed by atoms with E-state index in [4.69, 9.17) is 21.2 Å². The van der Waals surface area contributed by atoms with Crippen molar-refractivity contribution in [3.05, 3.63) is 34.9 Å². The van der Waals surface area contributed by atoms with Crippen molar-refractivity contribution in [2.24, 2.45) is 5.16 Å². The Balaban J connectivity index is 1.81. The third-order valence-electron chi connectivity index (χ3n) is 2.65. The quantitative estimate of drug-likeness (QED) is 0.721. The fourth-order valence-electron chi connectivity index (χ4n) is 1.72. The van der Waals surface area contributed by atoms with Gasteiger partial charge >= 0.3 is 0 Å². The fourth-order valence-corrected chi connectivity index (χ4v) is 1.97.